The Labute approximate surface area is 114 Å². The van der Waals surface area contributed by atoms with Crippen molar-refractivity contribution < 1.29 is 9.90 Å². The summed E-state index contributed by atoms with van der Waals surface area (Å²) in [5.74, 6) is -0.429. The molecule has 1 aliphatic carbocycles. The second-order valence-corrected chi connectivity index (χ2v) is 4.72. The van der Waals surface area contributed by atoms with Gasteiger partial charge in [0.15, 0.2) is 0 Å². The van der Waals surface area contributed by atoms with Gasteiger partial charge in [-0.25, -0.2) is 4.98 Å². The average molecular weight is 271 g/mol. The number of nitrogens with one attached hydrogen (secondary N) is 2. The Morgan fingerprint density at radius 1 is 1.40 bits per heavy atom. The first-order chi connectivity index (χ1) is 9.65. The average Bonchev–Trinajstić information content (AvgIpc) is 2.76. The van der Waals surface area contributed by atoms with Gasteiger partial charge < -0.3 is 15.4 Å². The number of aromatic nitrogens is 2. The number of aliphatic hydroxyl groups excluding tert-OH is 1. The molecule has 20 heavy (non-hydrogen) atoms. The quantitative estimate of drug-likeness (QED) is 0.725. The third-order valence-electron chi connectivity index (χ3n) is 3.40. The van der Waals surface area contributed by atoms with Crippen molar-refractivity contribution in [1.82, 2.24) is 15.3 Å². The molecule has 2 atom stereocenters. The largest absolute Gasteiger partial charge is 0.390 e. The van der Waals surface area contributed by atoms with Gasteiger partial charge >= 0.3 is 0 Å². The molecule has 2 aromatic rings. The number of fused-ring (bicyclic) bond motifs is 1. The molecule has 0 saturated carbocycles. The fourth-order valence-corrected chi connectivity index (χ4v) is 2.43. The maximum absolute atomic E-state index is 12.1. The van der Waals surface area contributed by atoms with Gasteiger partial charge in [0.05, 0.1) is 18.3 Å². The number of hydrogen-bond acceptors (Lipinski definition) is 4. The Morgan fingerprint density at radius 3 is 2.95 bits per heavy atom. The van der Waals surface area contributed by atoms with Gasteiger partial charge in [-0.15, -0.1) is 0 Å². The number of H-pyrrole nitrogens is 1. The van der Waals surface area contributed by atoms with E-state index in [-0.39, 0.29) is 11.3 Å². The lowest BCUT2D eigenvalue weighted by Crippen LogP contribution is -2.34. The number of aliphatic hydroxyl groups is 1. The Kier molecular flexibility index (Phi) is 3.08. The van der Waals surface area contributed by atoms with Crippen molar-refractivity contribution in [2.75, 3.05) is 0 Å². The molecule has 1 aromatic carbocycles. The van der Waals surface area contributed by atoms with E-state index in [4.69, 9.17) is 0 Å². The lowest BCUT2D eigenvalue weighted by Gasteiger charge is -2.17. The third-order valence-corrected chi connectivity index (χ3v) is 3.40. The highest BCUT2D eigenvalue weighted by Gasteiger charge is 2.32. The van der Waals surface area contributed by atoms with Crippen LogP contribution in [0.15, 0.2) is 41.5 Å². The molecule has 0 aliphatic heterocycles. The lowest BCUT2D eigenvalue weighted by molar-refractivity contribution is 0.0853. The number of benzene rings is 1. The summed E-state index contributed by atoms with van der Waals surface area (Å²) in [6.45, 7) is 0. The SMILES string of the molecule is O=C(N[C@H]1c2ccccc2C[C@H]1O)c1c[nH]c(=O)cn1. The molecular formula is C14H13N3O3. The van der Waals surface area contributed by atoms with Gasteiger partial charge in [-0.3, -0.25) is 9.59 Å². The zero-order chi connectivity index (χ0) is 14.1. The van der Waals surface area contributed by atoms with Crippen LogP contribution in [0.4, 0.5) is 0 Å². The van der Waals surface area contributed by atoms with Gasteiger partial charge in [0.1, 0.15) is 5.69 Å². The van der Waals surface area contributed by atoms with E-state index < -0.39 is 18.1 Å². The molecule has 3 rings (SSSR count). The normalized spacial score (nSPS) is 20.4. The zero-order valence-corrected chi connectivity index (χ0v) is 10.5. The second kappa shape index (κ2) is 4.90. The fourth-order valence-electron chi connectivity index (χ4n) is 2.43. The lowest BCUT2D eigenvalue weighted by atomic mass is 10.1. The van der Waals surface area contributed by atoms with E-state index >= 15 is 0 Å². The van der Waals surface area contributed by atoms with Crippen molar-refractivity contribution in [1.29, 1.82) is 0 Å². The van der Waals surface area contributed by atoms with Crippen LogP contribution in [0.1, 0.15) is 27.7 Å². The summed E-state index contributed by atoms with van der Waals surface area (Å²) in [6, 6.07) is 7.14. The van der Waals surface area contributed by atoms with Gasteiger partial charge in [0.25, 0.3) is 11.5 Å². The minimum atomic E-state index is -0.654. The summed E-state index contributed by atoms with van der Waals surface area (Å²) < 4.78 is 0. The first-order valence-electron chi connectivity index (χ1n) is 6.26. The molecule has 3 N–H and O–H groups in total. The first-order valence-corrected chi connectivity index (χ1v) is 6.26. The molecular weight excluding hydrogens is 258 g/mol. The van der Waals surface area contributed by atoms with Gasteiger partial charge in [0.2, 0.25) is 0 Å². The van der Waals surface area contributed by atoms with Crippen molar-refractivity contribution in [2.45, 2.75) is 18.6 Å². The van der Waals surface area contributed by atoms with E-state index in [1.165, 1.54) is 6.20 Å². The summed E-state index contributed by atoms with van der Waals surface area (Å²) in [7, 11) is 0. The van der Waals surface area contributed by atoms with Crippen molar-refractivity contribution in [3.63, 3.8) is 0 Å². The van der Waals surface area contributed by atoms with Crippen LogP contribution in [-0.2, 0) is 6.42 Å². The number of nitrogens with zero attached hydrogens (tertiary/aromatic N) is 1. The molecule has 6 nitrogen and oxygen atoms in total. The molecule has 0 spiro atoms. The summed E-state index contributed by atoms with van der Waals surface area (Å²) in [5.41, 5.74) is 1.69. The highest BCUT2D eigenvalue weighted by Crippen LogP contribution is 2.31. The van der Waals surface area contributed by atoms with Crippen molar-refractivity contribution in [3.05, 3.63) is 63.8 Å². The molecule has 102 valence electrons. The van der Waals surface area contributed by atoms with E-state index in [1.54, 1.807) is 0 Å². The van der Waals surface area contributed by atoms with E-state index in [2.05, 4.69) is 15.3 Å². The molecule has 1 aromatic heterocycles. The molecule has 1 heterocycles. The molecule has 0 bridgehead atoms. The van der Waals surface area contributed by atoms with Crippen LogP contribution in [0.25, 0.3) is 0 Å². The maximum atomic E-state index is 12.1. The molecule has 0 radical (unpaired) electrons. The van der Waals surface area contributed by atoms with E-state index in [0.717, 1.165) is 17.3 Å². The van der Waals surface area contributed by atoms with E-state index in [9.17, 15) is 14.7 Å². The summed E-state index contributed by atoms with van der Waals surface area (Å²) >= 11 is 0. The van der Waals surface area contributed by atoms with Gasteiger partial charge in [-0.1, -0.05) is 24.3 Å². The smallest absolute Gasteiger partial charge is 0.271 e. The molecule has 1 amide bonds. The molecule has 0 unspecified atom stereocenters. The second-order valence-electron chi connectivity index (χ2n) is 4.72. The minimum Gasteiger partial charge on any atom is -0.390 e. The number of aromatic amines is 1. The number of carbonyl (C=O) groups excluding carboxylic acids is 1. The van der Waals surface area contributed by atoms with E-state index in [1.807, 2.05) is 24.3 Å². The van der Waals surface area contributed by atoms with Crippen LogP contribution < -0.4 is 10.9 Å². The van der Waals surface area contributed by atoms with Crippen LogP contribution in [0.3, 0.4) is 0 Å². The summed E-state index contributed by atoms with van der Waals surface area (Å²) in [6.07, 6.45) is 2.16. The first kappa shape index (κ1) is 12.6. The van der Waals surface area contributed by atoms with Crippen LogP contribution in [0.5, 0.6) is 0 Å². The van der Waals surface area contributed by atoms with Crippen molar-refractivity contribution in [2.24, 2.45) is 0 Å². The summed E-state index contributed by atoms with van der Waals surface area (Å²) in [5, 5.41) is 12.8. The fraction of sp³-hybridized carbons (Fsp3) is 0.214. The Balaban J connectivity index is 1.83. The zero-order valence-electron chi connectivity index (χ0n) is 10.5. The molecule has 0 saturated heterocycles. The number of rotatable bonds is 2. The van der Waals surface area contributed by atoms with Crippen LogP contribution >= 0.6 is 0 Å². The predicted molar refractivity (Wildman–Crippen MR) is 71.2 cm³/mol. The van der Waals surface area contributed by atoms with Gasteiger partial charge in [-0.2, -0.15) is 0 Å². The highest BCUT2D eigenvalue weighted by atomic mass is 16.3. The summed E-state index contributed by atoms with van der Waals surface area (Å²) in [4.78, 5) is 29.1. The minimum absolute atomic E-state index is 0.112. The number of hydrogen-bond donors (Lipinski definition) is 3. The topological polar surface area (TPSA) is 95.1 Å². The Morgan fingerprint density at radius 2 is 2.20 bits per heavy atom. The maximum Gasteiger partial charge on any atom is 0.271 e. The third kappa shape index (κ3) is 2.21. The van der Waals surface area contributed by atoms with Crippen LogP contribution in [0.2, 0.25) is 0 Å². The number of amides is 1. The van der Waals surface area contributed by atoms with Gasteiger partial charge in [0, 0.05) is 12.6 Å². The van der Waals surface area contributed by atoms with Gasteiger partial charge in [-0.05, 0) is 11.1 Å². The van der Waals surface area contributed by atoms with Crippen molar-refractivity contribution >= 4 is 5.91 Å². The Bertz CT molecular complexity index is 690. The van der Waals surface area contributed by atoms with Crippen LogP contribution in [-0.4, -0.2) is 27.1 Å². The van der Waals surface area contributed by atoms with Crippen LogP contribution in [0, 0.1) is 0 Å². The Hall–Kier alpha value is -2.47. The molecule has 6 heteroatoms. The van der Waals surface area contributed by atoms with E-state index in [0.29, 0.717) is 6.42 Å². The molecule has 0 fully saturated rings. The predicted octanol–water partition coefficient (Wildman–Crippen LogP) is 0.158. The monoisotopic (exact) mass is 271 g/mol. The van der Waals surface area contributed by atoms with Crippen molar-refractivity contribution in [3.8, 4) is 0 Å². The molecule has 1 aliphatic rings. The number of carbonyl (C=O) groups is 1. The standard InChI is InChI=1S/C14H13N3O3/c18-11-5-8-3-1-2-4-9(8)13(11)17-14(20)10-6-16-12(19)7-15-10/h1-4,6-7,11,13,18H,5H2,(H,16,19)(H,17,20)/t11-,13+/m1/s1. The highest BCUT2D eigenvalue weighted by molar-refractivity contribution is 5.92.